The Hall–Kier alpha value is -2.92. The molecule has 2 aromatic heterocycles. The summed E-state index contributed by atoms with van der Waals surface area (Å²) in [6.07, 6.45) is 0. The second kappa shape index (κ2) is 6.77. The van der Waals surface area contributed by atoms with Gasteiger partial charge >= 0.3 is 0 Å². The topological polar surface area (TPSA) is 55.1 Å². The fraction of sp³-hybridized carbons (Fsp3) is 0.143. The first-order valence-electron chi connectivity index (χ1n) is 8.39. The number of rotatable bonds is 4. The lowest BCUT2D eigenvalue weighted by atomic mass is 10.1. The predicted octanol–water partition coefficient (Wildman–Crippen LogP) is 5.10. The van der Waals surface area contributed by atoms with Crippen molar-refractivity contribution in [1.82, 2.24) is 10.3 Å². The maximum atomic E-state index is 12.5. The second-order valence-corrected chi connectivity index (χ2v) is 7.17. The van der Waals surface area contributed by atoms with Crippen molar-refractivity contribution in [3.05, 3.63) is 75.8 Å². The number of hydrogen-bond donors (Lipinski definition) is 1. The minimum atomic E-state index is -0.215. The average molecular weight is 362 g/mol. The normalized spacial score (nSPS) is 11.0. The van der Waals surface area contributed by atoms with Crippen LogP contribution in [0.5, 0.6) is 0 Å². The Morgan fingerprint density at radius 2 is 1.96 bits per heavy atom. The number of nitrogens with one attached hydrogen (secondary N) is 1. The molecule has 0 saturated heterocycles. The van der Waals surface area contributed by atoms with Crippen LogP contribution < -0.4 is 5.32 Å². The Bertz CT molecular complexity index is 1080. The maximum absolute atomic E-state index is 12.5. The zero-order valence-corrected chi connectivity index (χ0v) is 15.4. The molecule has 0 atom stereocenters. The van der Waals surface area contributed by atoms with Crippen LogP contribution in [-0.4, -0.2) is 10.9 Å². The van der Waals surface area contributed by atoms with Crippen LogP contribution in [0.25, 0.3) is 22.2 Å². The summed E-state index contributed by atoms with van der Waals surface area (Å²) < 4.78 is 5.75. The summed E-state index contributed by atoms with van der Waals surface area (Å²) in [7, 11) is 0. The lowest BCUT2D eigenvalue weighted by molar-refractivity contribution is 0.0924. The second-order valence-electron chi connectivity index (χ2n) is 6.23. The van der Waals surface area contributed by atoms with E-state index in [1.807, 2.05) is 67.8 Å². The fourth-order valence-corrected chi connectivity index (χ4v) is 3.66. The SMILES string of the molecule is Cc1ccc2oc(C(=O)NCc3nc(-c4ccccc4)cs3)c(C)c2c1. The van der Waals surface area contributed by atoms with E-state index in [0.29, 0.717) is 12.3 Å². The Morgan fingerprint density at radius 1 is 1.15 bits per heavy atom. The molecular weight excluding hydrogens is 344 g/mol. The van der Waals surface area contributed by atoms with Crippen molar-refractivity contribution in [2.75, 3.05) is 0 Å². The van der Waals surface area contributed by atoms with Crippen molar-refractivity contribution in [2.45, 2.75) is 20.4 Å². The molecule has 0 unspecified atom stereocenters. The molecule has 26 heavy (non-hydrogen) atoms. The number of aryl methyl sites for hydroxylation is 2. The lowest BCUT2D eigenvalue weighted by Crippen LogP contribution is -2.22. The number of hydrogen-bond acceptors (Lipinski definition) is 4. The highest BCUT2D eigenvalue weighted by Crippen LogP contribution is 2.26. The smallest absolute Gasteiger partial charge is 0.287 e. The molecule has 0 aliphatic carbocycles. The molecule has 5 heteroatoms. The molecule has 0 aliphatic rings. The van der Waals surface area contributed by atoms with Gasteiger partial charge in [-0.3, -0.25) is 4.79 Å². The largest absolute Gasteiger partial charge is 0.451 e. The van der Waals surface area contributed by atoms with Gasteiger partial charge < -0.3 is 9.73 Å². The van der Waals surface area contributed by atoms with E-state index in [4.69, 9.17) is 4.42 Å². The zero-order chi connectivity index (χ0) is 18.1. The molecule has 1 amide bonds. The summed E-state index contributed by atoms with van der Waals surface area (Å²) in [5, 5.41) is 6.76. The minimum absolute atomic E-state index is 0.215. The number of aromatic nitrogens is 1. The number of carbonyl (C=O) groups excluding carboxylic acids is 1. The third-order valence-electron chi connectivity index (χ3n) is 4.32. The van der Waals surface area contributed by atoms with E-state index in [-0.39, 0.29) is 5.91 Å². The molecule has 0 fully saturated rings. The predicted molar refractivity (Wildman–Crippen MR) is 104 cm³/mol. The highest BCUT2D eigenvalue weighted by atomic mass is 32.1. The first-order chi connectivity index (χ1) is 12.6. The molecule has 2 heterocycles. The monoisotopic (exact) mass is 362 g/mol. The van der Waals surface area contributed by atoms with Crippen molar-refractivity contribution >= 4 is 28.2 Å². The van der Waals surface area contributed by atoms with Crippen molar-refractivity contribution < 1.29 is 9.21 Å². The summed E-state index contributed by atoms with van der Waals surface area (Å²) in [5.74, 6) is 0.151. The van der Waals surface area contributed by atoms with Gasteiger partial charge in [0.1, 0.15) is 10.6 Å². The number of nitrogens with zero attached hydrogens (tertiary/aromatic N) is 1. The summed E-state index contributed by atoms with van der Waals surface area (Å²) >= 11 is 1.54. The van der Waals surface area contributed by atoms with Gasteiger partial charge in [-0.1, -0.05) is 42.0 Å². The number of thiazole rings is 1. The average Bonchev–Trinajstić information content (AvgIpc) is 3.26. The molecule has 0 bridgehead atoms. The van der Waals surface area contributed by atoms with Gasteiger partial charge in [0.15, 0.2) is 5.76 Å². The van der Waals surface area contributed by atoms with E-state index in [1.165, 1.54) is 11.3 Å². The number of benzene rings is 2. The van der Waals surface area contributed by atoms with Gasteiger partial charge in [0, 0.05) is 21.9 Å². The van der Waals surface area contributed by atoms with E-state index >= 15 is 0 Å². The molecule has 1 N–H and O–H groups in total. The van der Waals surface area contributed by atoms with Crippen LogP contribution in [0.3, 0.4) is 0 Å². The molecule has 130 valence electrons. The Labute approximate surface area is 155 Å². The van der Waals surface area contributed by atoms with Crippen molar-refractivity contribution in [3.63, 3.8) is 0 Å². The van der Waals surface area contributed by atoms with E-state index in [9.17, 15) is 4.79 Å². The molecule has 4 aromatic rings. The van der Waals surface area contributed by atoms with Gasteiger partial charge in [-0.2, -0.15) is 0 Å². The number of fused-ring (bicyclic) bond motifs is 1. The molecule has 0 saturated carbocycles. The molecule has 4 rings (SSSR count). The van der Waals surface area contributed by atoms with Crippen LogP contribution in [-0.2, 0) is 6.54 Å². The van der Waals surface area contributed by atoms with E-state index in [0.717, 1.165) is 38.4 Å². The van der Waals surface area contributed by atoms with Crippen molar-refractivity contribution in [3.8, 4) is 11.3 Å². The Balaban J connectivity index is 1.49. The molecule has 0 spiro atoms. The molecule has 0 radical (unpaired) electrons. The van der Waals surface area contributed by atoms with E-state index in [2.05, 4.69) is 10.3 Å². The number of furan rings is 1. The Morgan fingerprint density at radius 3 is 2.77 bits per heavy atom. The van der Waals surface area contributed by atoms with Crippen LogP contribution in [0.4, 0.5) is 0 Å². The lowest BCUT2D eigenvalue weighted by Gasteiger charge is -2.01. The molecular formula is C21H18N2O2S. The Kier molecular flexibility index (Phi) is 4.31. The summed E-state index contributed by atoms with van der Waals surface area (Å²) in [6, 6.07) is 15.9. The highest BCUT2D eigenvalue weighted by molar-refractivity contribution is 7.09. The van der Waals surface area contributed by atoms with Crippen molar-refractivity contribution in [1.29, 1.82) is 0 Å². The first kappa shape index (κ1) is 16.5. The first-order valence-corrected chi connectivity index (χ1v) is 9.27. The number of carbonyl (C=O) groups is 1. The van der Waals surface area contributed by atoms with E-state index < -0.39 is 0 Å². The molecule has 0 aliphatic heterocycles. The van der Waals surface area contributed by atoms with Gasteiger partial charge in [0.2, 0.25) is 0 Å². The standard InChI is InChI=1S/C21H18N2O2S/c1-13-8-9-18-16(10-13)14(2)20(25-18)21(24)22-11-19-23-17(12-26-19)15-6-4-3-5-7-15/h3-10,12H,11H2,1-2H3,(H,22,24). The van der Waals surface area contributed by atoms with Crippen LogP contribution >= 0.6 is 11.3 Å². The van der Waals surface area contributed by atoms with Gasteiger partial charge in [-0.05, 0) is 26.0 Å². The molecule has 2 aromatic carbocycles. The summed E-state index contributed by atoms with van der Waals surface area (Å²) in [5.41, 5.74) is 4.74. The van der Waals surface area contributed by atoms with Crippen LogP contribution in [0, 0.1) is 13.8 Å². The summed E-state index contributed by atoms with van der Waals surface area (Å²) in [4.78, 5) is 17.1. The zero-order valence-electron chi connectivity index (χ0n) is 14.6. The van der Waals surface area contributed by atoms with Gasteiger partial charge in [0.05, 0.1) is 12.2 Å². The minimum Gasteiger partial charge on any atom is -0.451 e. The number of amides is 1. The van der Waals surface area contributed by atoms with Crippen LogP contribution in [0.1, 0.15) is 26.7 Å². The fourth-order valence-electron chi connectivity index (χ4n) is 2.92. The maximum Gasteiger partial charge on any atom is 0.287 e. The highest BCUT2D eigenvalue weighted by Gasteiger charge is 2.18. The van der Waals surface area contributed by atoms with Crippen LogP contribution in [0.2, 0.25) is 0 Å². The van der Waals surface area contributed by atoms with E-state index in [1.54, 1.807) is 0 Å². The van der Waals surface area contributed by atoms with Gasteiger partial charge in [-0.25, -0.2) is 4.98 Å². The van der Waals surface area contributed by atoms with Gasteiger partial charge in [-0.15, -0.1) is 11.3 Å². The van der Waals surface area contributed by atoms with Crippen LogP contribution in [0.15, 0.2) is 58.3 Å². The third-order valence-corrected chi connectivity index (χ3v) is 5.17. The van der Waals surface area contributed by atoms with Gasteiger partial charge in [0.25, 0.3) is 5.91 Å². The summed E-state index contributed by atoms with van der Waals surface area (Å²) in [6.45, 7) is 4.32. The third kappa shape index (κ3) is 3.13. The van der Waals surface area contributed by atoms with Crippen molar-refractivity contribution in [2.24, 2.45) is 0 Å². The quantitative estimate of drug-likeness (QED) is 0.549. The molecule has 4 nitrogen and oxygen atoms in total.